The lowest BCUT2D eigenvalue weighted by Crippen LogP contribution is -2.24. The Morgan fingerprint density at radius 1 is 1.37 bits per heavy atom. The fourth-order valence-electron chi connectivity index (χ4n) is 2.79. The Morgan fingerprint density at radius 3 is 3.16 bits per heavy atom. The Labute approximate surface area is 113 Å². The first-order valence-corrected chi connectivity index (χ1v) is 6.83. The van der Waals surface area contributed by atoms with Crippen molar-refractivity contribution in [1.29, 1.82) is 0 Å². The molecule has 3 heteroatoms. The van der Waals surface area contributed by atoms with Crippen molar-refractivity contribution in [3.63, 3.8) is 0 Å². The lowest BCUT2D eigenvalue weighted by atomic mass is 9.93. The van der Waals surface area contributed by atoms with Gasteiger partial charge in [-0.15, -0.1) is 0 Å². The number of para-hydroxylation sites is 1. The minimum Gasteiger partial charge on any atom is -0.507 e. The quantitative estimate of drug-likeness (QED) is 0.885. The predicted molar refractivity (Wildman–Crippen MR) is 74.1 cm³/mol. The fraction of sp³-hybridized carbons (Fsp3) is 0.375. The first kappa shape index (κ1) is 12.3. The summed E-state index contributed by atoms with van der Waals surface area (Å²) in [6.45, 7) is 2.61. The van der Waals surface area contributed by atoms with E-state index in [1.807, 2.05) is 25.1 Å². The maximum Gasteiger partial charge on any atom is 0.122 e. The van der Waals surface area contributed by atoms with Crippen molar-refractivity contribution in [2.24, 2.45) is 0 Å². The molecule has 1 aliphatic rings. The van der Waals surface area contributed by atoms with Crippen molar-refractivity contribution in [2.45, 2.75) is 38.8 Å². The standard InChI is InChI=1S/C16H19NO2/c1-11-4-2-5-12(16(11)18)10-17-14-6-3-7-15-13(14)8-9-19-15/h2,4-5,8-9,14,17-18H,3,6-7,10H2,1H3. The van der Waals surface area contributed by atoms with Gasteiger partial charge in [0.25, 0.3) is 0 Å². The summed E-state index contributed by atoms with van der Waals surface area (Å²) >= 11 is 0. The molecule has 1 unspecified atom stereocenters. The van der Waals surface area contributed by atoms with Gasteiger partial charge >= 0.3 is 0 Å². The first-order chi connectivity index (χ1) is 9.25. The third kappa shape index (κ3) is 2.38. The van der Waals surface area contributed by atoms with E-state index in [2.05, 4.69) is 11.4 Å². The summed E-state index contributed by atoms with van der Waals surface area (Å²) in [6.07, 6.45) is 5.09. The van der Waals surface area contributed by atoms with E-state index in [4.69, 9.17) is 4.42 Å². The van der Waals surface area contributed by atoms with E-state index in [1.54, 1.807) is 6.26 Å². The first-order valence-electron chi connectivity index (χ1n) is 6.83. The van der Waals surface area contributed by atoms with Crippen molar-refractivity contribution in [2.75, 3.05) is 0 Å². The summed E-state index contributed by atoms with van der Waals surface area (Å²) in [4.78, 5) is 0. The van der Waals surface area contributed by atoms with E-state index in [0.29, 0.717) is 18.3 Å². The second kappa shape index (κ2) is 5.10. The average molecular weight is 257 g/mol. The molecule has 2 N–H and O–H groups in total. The van der Waals surface area contributed by atoms with E-state index >= 15 is 0 Å². The molecule has 19 heavy (non-hydrogen) atoms. The molecule has 3 rings (SSSR count). The van der Waals surface area contributed by atoms with Crippen LogP contribution in [0.4, 0.5) is 0 Å². The third-order valence-electron chi connectivity index (χ3n) is 3.91. The molecule has 0 aliphatic heterocycles. The molecule has 0 amide bonds. The molecule has 0 saturated carbocycles. The Bertz CT molecular complexity index is 574. The molecule has 0 spiro atoms. The third-order valence-corrected chi connectivity index (χ3v) is 3.91. The molecule has 1 atom stereocenters. The van der Waals surface area contributed by atoms with Crippen molar-refractivity contribution in [3.05, 3.63) is 53.0 Å². The highest BCUT2D eigenvalue weighted by Gasteiger charge is 2.22. The van der Waals surface area contributed by atoms with Gasteiger partial charge in [0.1, 0.15) is 11.5 Å². The average Bonchev–Trinajstić information content (AvgIpc) is 2.89. The van der Waals surface area contributed by atoms with Crippen molar-refractivity contribution >= 4 is 0 Å². The number of hydrogen-bond donors (Lipinski definition) is 2. The fourth-order valence-corrected chi connectivity index (χ4v) is 2.79. The number of nitrogens with one attached hydrogen (secondary N) is 1. The SMILES string of the molecule is Cc1cccc(CNC2CCCc3occc32)c1O. The zero-order valence-electron chi connectivity index (χ0n) is 11.1. The Kier molecular flexibility index (Phi) is 3.30. The number of benzene rings is 1. The molecule has 1 aliphatic carbocycles. The van der Waals surface area contributed by atoms with Gasteiger partial charge in [-0.05, 0) is 31.4 Å². The number of aryl methyl sites for hydroxylation is 2. The maximum atomic E-state index is 10.0. The molecule has 1 heterocycles. The number of fused-ring (bicyclic) bond motifs is 1. The number of phenols is 1. The van der Waals surface area contributed by atoms with Crippen LogP contribution < -0.4 is 5.32 Å². The number of furan rings is 1. The molecular weight excluding hydrogens is 238 g/mol. The molecule has 1 aromatic carbocycles. The van der Waals surface area contributed by atoms with Crippen LogP contribution in [0, 0.1) is 6.92 Å². The molecule has 0 bridgehead atoms. The molecule has 0 saturated heterocycles. The van der Waals surface area contributed by atoms with Crippen LogP contribution in [0.2, 0.25) is 0 Å². The lowest BCUT2D eigenvalue weighted by Gasteiger charge is -2.23. The van der Waals surface area contributed by atoms with E-state index in [9.17, 15) is 5.11 Å². The van der Waals surface area contributed by atoms with Crippen LogP contribution in [0.1, 0.15) is 41.3 Å². The van der Waals surface area contributed by atoms with Gasteiger partial charge in [0.05, 0.1) is 6.26 Å². The smallest absolute Gasteiger partial charge is 0.122 e. The summed E-state index contributed by atoms with van der Waals surface area (Å²) in [6, 6.07) is 8.27. The summed E-state index contributed by atoms with van der Waals surface area (Å²) in [5.74, 6) is 1.51. The monoisotopic (exact) mass is 257 g/mol. The lowest BCUT2D eigenvalue weighted by molar-refractivity contribution is 0.405. The van der Waals surface area contributed by atoms with Crippen LogP contribution >= 0.6 is 0 Å². The second-order valence-corrected chi connectivity index (χ2v) is 5.21. The summed E-state index contributed by atoms with van der Waals surface area (Å²) in [5, 5.41) is 13.6. The second-order valence-electron chi connectivity index (χ2n) is 5.21. The molecule has 2 aromatic rings. The van der Waals surface area contributed by atoms with E-state index in [0.717, 1.165) is 36.1 Å². The number of aromatic hydroxyl groups is 1. The maximum absolute atomic E-state index is 10.0. The van der Waals surface area contributed by atoms with E-state index < -0.39 is 0 Å². The van der Waals surface area contributed by atoms with Crippen molar-refractivity contribution < 1.29 is 9.52 Å². The minimum atomic E-state index is 0.336. The van der Waals surface area contributed by atoms with Gasteiger partial charge in [0, 0.05) is 30.1 Å². The highest BCUT2D eigenvalue weighted by molar-refractivity contribution is 5.39. The van der Waals surface area contributed by atoms with Crippen molar-refractivity contribution in [3.8, 4) is 5.75 Å². The van der Waals surface area contributed by atoms with Crippen LogP contribution in [0.25, 0.3) is 0 Å². The van der Waals surface area contributed by atoms with Gasteiger partial charge in [-0.25, -0.2) is 0 Å². The van der Waals surface area contributed by atoms with Crippen LogP contribution in [0.5, 0.6) is 5.75 Å². The molecule has 1 aromatic heterocycles. The highest BCUT2D eigenvalue weighted by atomic mass is 16.3. The summed E-state index contributed by atoms with van der Waals surface area (Å²) in [7, 11) is 0. The molecule has 0 fully saturated rings. The zero-order chi connectivity index (χ0) is 13.2. The minimum absolute atomic E-state index is 0.336. The number of phenolic OH excluding ortho intramolecular Hbond substituents is 1. The van der Waals surface area contributed by atoms with Gasteiger partial charge < -0.3 is 14.8 Å². The molecule has 100 valence electrons. The van der Waals surface area contributed by atoms with Crippen molar-refractivity contribution in [1.82, 2.24) is 5.32 Å². The summed E-state index contributed by atoms with van der Waals surface area (Å²) < 4.78 is 5.49. The van der Waals surface area contributed by atoms with Gasteiger partial charge in [0.15, 0.2) is 0 Å². The largest absolute Gasteiger partial charge is 0.507 e. The highest BCUT2D eigenvalue weighted by Crippen LogP contribution is 2.31. The molecule has 3 nitrogen and oxygen atoms in total. The topological polar surface area (TPSA) is 45.4 Å². The van der Waals surface area contributed by atoms with Crippen LogP contribution in [0.15, 0.2) is 34.9 Å². The predicted octanol–water partition coefficient (Wildman–Crippen LogP) is 3.46. The Morgan fingerprint density at radius 2 is 2.26 bits per heavy atom. The van der Waals surface area contributed by atoms with Crippen LogP contribution in [-0.2, 0) is 13.0 Å². The summed E-state index contributed by atoms with van der Waals surface area (Å²) in [5.41, 5.74) is 3.15. The van der Waals surface area contributed by atoms with Crippen LogP contribution in [0.3, 0.4) is 0 Å². The van der Waals surface area contributed by atoms with E-state index in [-0.39, 0.29) is 0 Å². The number of rotatable bonds is 3. The normalized spacial score (nSPS) is 18.3. The molecule has 0 radical (unpaired) electrons. The van der Waals surface area contributed by atoms with Crippen LogP contribution in [-0.4, -0.2) is 5.11 Å². The van der Waals surface area contributed by atoms with Gasteiger partial charge in [-0.2, -0.15) is 0 Å². The van der Waals surface area contributed by atoms with Gasteiger partial charge in [-0.3, -0.25) is 0 Å². The van der Waals surface area contributed by atoms with Gasteiger partial charge in [0.2, 0.25) is 0 Å². The molecular formula is C16H19NO2. The number of hydrogen-bond acceptors (Lipinski definition) is 3. The van der Waals surface area contributed by atoms with Gasteiger partial charge in [-0.1, -0.05) is 18.2 Å². The Balaban J connectivity index is 1.73. The zero-order valence-corrected chi connectivity index (χ0v) is 11.1. The van der Waals surface area contributed by atoms with E-state index in [1.165, 1.54) is 5.56 Å². The Hall–Kier alpha value is -1.74.